The van der Waals surface area contributed by atoms with Crippen LogP contribution in [0.15, 0.2) is 24.3 Å². The summed E-state index contributed by atoms with van der Waals surface area (Å²) in [7, 11) is 0. The standard InChI is InChI=1S/C18H19FN2O2S/c19-12-1-2-15-9(4-12)5-13(24-15)7-20-18(23)21-8-11-3-10-6-14(11)16(21)17(10)22/h1-2,4-5,10-11,14,16-17,22H,3,6-8H2,(H,20,23). The Morgan fingerprint density at radius 3 is 3.04 bits per heavy atom. The number of fused-ring (bicyclic) bond motifs is 2. The van der Waals surface area contributed by atoms with E-state index in [9.17, 15) is 14.3 Å². The molecule has 0 spiro atoms. The second kappa shape index (κ2) is 5.17. The van der Waals surface area contributed by atoms with Gasteiger partial charge in [0.2, 0.25) is 0 Å². The molecule has 1 aromatic carbocycles. The highest BCUT2D eigenvalue weighted by Gasteiger charge is 2.59. The molecule has 2 N–H and O–H groups in total. The first-order chi connectivity index (χ1) is 11.6. The number of nitrogens with zero attached hydrogens (tertiary/aromatic N) is 1. The second-order valence-electron chi connectivity index (χ2n) is 7.34. The van der Waals surface area contributed by atoms with Crippen LogP contribution in [0.3, 0.4) is 0 Å². The van der Waals surface area contributed by atoms with Crippen LogP contribution in [0.5, 0.6) is 0 Å². The van der Waals surface area contributed by atoms with Gasteiger partial charge in [-0.2, -0.15) is 0 Å². The van der Waals surface area contributed by atoms with Crippen LogP contribution in [0.1, 0.15) is 17.7 Å². The minimum atomic E-state index is -0.355. The molecule has 2 amide bonds. The van der Waals surface area contributed by atoms with Crippen molar-refractivity contribution in [2.75, 3.05) is 6.54 Å². The molecule has 1 aliphatic heterocycles. The van der Waals surface area contributed by atoms with Crippen molar-refractivity contribution in [2.24, 2.45) is 17.8 Å². The number of hydrogen-bond acceptors (Lipinski definition) is 3. The van der Waals surface area contributed by atoms with Gasteiger partial charge in [0.05, 0.1) is 18.7 Å². The highest BCUT2D eigenvalue weighted by Crippen LogP contribution is 2.54. The molecule has 2 saturated carbocycles. The molecule has 2 heterocycles. The molecule has 0 radical (unpaired) electrons. The number of amides is 2. The quantitative estimate of drug-likeness (QED) is 0.878. The van der Waals surface area contributed by atoms with E-state index < -0.39 is 0 Å². The van der Waals surface area contributed by atoms with E-state index in [1.54, 1.807) is 17.4 Å². The van der Waals surface area contributed by atoms with E-state index in [2.05, 4.69) is 5.32 Å². The van der Waals surface area contributed by atoms with E-state index in [1.165, 1.54) is 12.1 Å². The molecular formula is C18H19FN2O2S. The Morgan fingerprint density at radius 1 is 1.33 bits per heavy atom. The van der Waals surface area contributed by atoms with Crippen molar-refractivity contribution in [1.29, 1.82) is 0 Å². The minimum Gasteiger partial charge on any atom is -0.391 e. The van der Waals surface area contributed by atoms with Gasteiger partial charge in [-0.1, -0.05) is 0 Å². The summed E-state index contributed by atoms with van der Waals surface area (Å²) in [6, 6.07) is 6.59. The van der Waals surface area contributed by atoms with Crippen molar-refractivity contribution in [3.8, 4) is 0 Å². The summed E-state index contributed by atoms with van der Waals surface area (Å²) in [6.07, 6.45) is 1.78. The number of nitrogens with one attached hydrogen (secondary N) is 1. The molecule has 5 unspecified atom stereocenters. The maximum atomic E-state index is 13.3. The molecule has 3 fully saturated rings. The van der Waals surface area contributed by atoms with E-state index >= 15 is 0 Å². The molecule has 5 rings (SSSR count). The fourth-order valence-electron chi connectivity index (χ4n) is 5.07. The maximum absolute atomic E-state index is 13.3. The first-order valence-electron chi connectivity index (χ1n) is 8.50. The summed E-state index contributed by atoms with van der Waals surface area (Å²) < 4.78 is 14.3. The third-order valence-corrected chi connectivity index (χ3v) is 7.17. The third kappa shape index (κ3) is 2.09. The zero-order valence-electron chi connectivity index (χ0n) is 13.1. The molecule has 5 atom stereocenters. The Kier molecular flexibility index (Phi) is 3.16. The van der Waals surface area contributed by atoms with Gasteiger partial charge in [-0.15, -0.1) is 11.3 Å². The number of hydrogen-bond donors (Lipinski definition) is 2. The number of benzene rings is 1. The lowest BCUT2D eigenvalue weighted by Gasteiger charge is -2.28. The molecule has 4 nitrogen and oxygen atoms in total. The number of aliphatic hydroxyl groups is 1. The fourth-order valence-corrected chi connectivity index (χ4v) is 6.05. The van der Waals surface area contributed by atoms with Crippen molar-refractivity contribution in [3.05, 3.63) is 35.0 Å². The van der Waals surface area contributed by atoms with Gasteiger partial charge in [-0.3, -0.25) is 0 Å². The number of urea groups is 1. The van der Waals surface area contributed by atoms with Crippen molar-refractivity contribution >= 4 is 27.5 Å². The molecule has 1 aromatic heterocycles. The second-order valence-corrected chi connectivity index (χ2v) is 8.51. The van der Waals surface area contributed by atoms with Crippen LogP contribution in [-0.2, 0) is 6.54 Å². The van der Waals surface area contributed by atoms with Crippen LogP contribution in [0.25, 0.3) is 10.1 Å². The van der Waals surface area contributed by atoms with Crippen LogP contribution in [0.2, 0.25) is 0 Å². The summed E-state index contributed by atoms with van der Waals surface area (Å²) in [5.41, 5.74) is 0. The third-order valence-electron chi connectivity index (χ3n) is 6.05. The van der Waals surface area contributed by atoms with Gasteiger partial charge < -0.3 is 15.3 Å². The number of halogens is 1. The van der Waals surface area contributed by atoms with Crippen molar-refractivity contribution in [1.82, 2.24) is 10.2 Å². The fraction of sp³-hybridized carbons (Fsp3) is 0.500. The smallest absolute Gasteiger partial charge is 0.318 e. The average molecular weight is 346 g/mol. The van der Waals surface area contributed by atoms with E-state index in [1.807, 2.05) is 11.0 Å². The number of rotatable bonds is 2. The zero-order valence-corrected chi connectivity index (χ0v) is 13.9. The summed E-state index contributed by atoms with van der Waals surface area (Å²) in [4.78, 5) is 15.4. The predicted octanol–water partition coefficient (Wildman–Crippen LogP) is 2.95. The van der Waals surface area contributed by atoms with Gasteiger partial charge in [0.15, 0.2) is 0 Å². The van der Waals surface area contributed by atoms with E-state index in [0.29, 0.717) is 24.3 Å². The maximum Gasteiger partial charge on any atom is 0.318 e. The molecule has 6 heteroatoms. The van der Waals surface area contributed by atoms with Gasteiger partial charge in [0.25, 0.3) is 0 Å². The highest BCUT2D eigenvalue weighted by molar-refractivity contribution is 7.19. The topological polar surface area (TPSA) is 52.6 Å². The molecule has 2 aliphatic carbocycles. The Hall–Kier alpha value is -1.66. The summed E-state index contributed by atoms with van der Waals surface area (Å²) in [6.45, 7) is 1.21. The zero-order chi connectivity index (χ0) is 16.4. The molecule has 2 aromatic rings. The number of aliphatic hydroxyl groups excluding tert-OH is 1. The molecule has 1 saturated heterocycles. The Morgan fingerprint density at radius 2 is 2.21 bits per heavy atom. The van der Waals surface area contributed by atoms with Crippen LogP contribution in [-0.4, -0.2) is 34.7 Å². The molecule has 126 valence electrons. The predicted molar refractivity (Wildman–Crippen MR) is 90.2 cm³/mol. The van der Waals surface area contributed by atoms with Crippen LogP contribution in [0, 0.1) is 23.6 Å². The van der Waals surface area contributed by atoms with Gasteiger partial charge in [-0.05, 0) is 60.2 Å². The average Bonchev–Trinajstić information content (AvgIpc) is 3.25. The van der Waals surface area contributed by atoms with Crippen molar-refractivity contribution in [3.63, 3.8) is 0 Å². The molecule has 3 aliphatic rings. The van der Waals surface area contributed by atoms with Crippen LogP contribution < -0.4 is 5.32 Å². The summed E-state index contributed by atoms with van der Waals surface area (Å²) in [5.74, 6) is 1.21. The van der Waals surface area contributed by atoms with Gasteiger partial charge in [0, 0.05) is 16.1 Å². The lowest BCUT2D eigenvalue weighted by atomic mass is 9.88. The minimum absolute atomic E-state index is 0.00486. The number of carbonyl (C=O) groups excluding carboxylic acids is 1. The Balaban J connectivity index is 1.29. The normalized spacial score (nSPS) is 33.6. The summed E-state index contributed by atoms with van der Waals surface area (Å²) in [5, 5.41) is 14.2. The Bertz CT molecular complexity index is 820. The van der Waals surface area contributed by atoms with E-state index in [0.717, 1.165) is 34.3 Å². The lowest BCUT2D eigenvalue weighted by molar-refractivity contribution is 0.0609. The van der Waals surface area contributed by atoms with Crippen molar-refractivity contribution < 1.29 is 14.3 Å². The first-order valence-corrected chi connectivity index (χ1v) is 9.32. The molecule has 2 bridgehead atoms. The highest BCUT2D eigenvalue weighted by atomic mass is 32.1. The van der Waals surface area contributed by atoms with Crippen LogP contribution in [0.4, 0.5) is 9.18 Å². The number of thiophene rings is 1. The number of carbonyl (C=O) groups is 1. The SMILES string of the molecule is O=C(NCc1cc2cc(F)ccc2s1)N1CC2CC3CC2C1C3O. The van der Waals surface area contributed by atoms with Crippen molar-refractivity contribution in [2.45, 2.75) is 31.5 Å². The number of likely N-dealkylation sites (tertiary alicyclic amines) is 1. The largest absolute Gasteiger partial charge is 0.391 e. The van der Waals surface area contributed by atoms with E-state index in [-0.39, 0.29) is 24.0 Å². The first kappa shape index (κ1) is 14.7. The van der Waals surface area contributed by atoms with Gasteiger partial charge >= 0.3 is 6.03 Å². The van der Waals surface area contributed by atoms with Crippen LogP contribution >= 0.6 is 11.3 Å². The van der Waals surface area contributed by atoms with Gasteiger partial charge in [0.1, 0.15) is 5.82 Å². The van der Waals surface area contributed by atoms with E-state index in [4.69, 9.17) is 0 Å². The van der Waals surface area contributed by atoms with Gasteiger partial charge in [-0.25, -0.2) is 9.18 Å². The lowest BCUT2D eigenvalue weighted by Crippen LogP contribution is -2.47. The summed E-state index contributed by atoms with van der Waals surface area (Å²) >= 11 is 1.57. The monoisotopic (exact) mass is 346 g/mol. The molecule has 24 heavy (non-hydrogen) atoms. The molecular weight excluding hydrogens is 327 g/mol. The Labute approximate surface area is 143 Å².